The van der Waals surface area contributed by atoms with Gasteiger partial charge in [0.25, 0.3) is 0 Å². The van der Waals surface area contributed by atoms with E-state index in [-0.39, 0.29) is 11.9 Å². The SMILES string of the molecule is C/C(=C\c1ccc(F)cc1C)C(C)N. The van der Waals surface area contributed by atoms with Gasteiger partial charge in [-0.25, -0.2) is 4.39 Å². The van der Waals surface area contributed by atoms with Crippen LogP contribution >= 0.6 is 0 Å². The highest BCUT2D eigenvalue weighted by atomic mass is 19.1. The smallest absolute Gasteiger partial charge is 0.123 e. The van der Waals surface area contributed by atoms with Crippen LogP contribution in [0.4, 0.5) is 4.39 Å². The van der Waals surface area contributed by atoms with Crippen LogP contribution in [0.1, 0.15) is 25.0 Å². The molecular weight excluding hydrogens is 177 g/mol. The maximum atomic E-state index is 12.8. The molecular formula is C12H16FN. The minimum absolute atomic E-state index is 0.0412. The Morgan fingerprint density at radius 3 is 2.64 bits per heavy atom. The molecule has 2 heteroatoms. The molecule has 0 aliphatic heterocycles. The Labute approximate surface area is 84.4 Å². The Balaban J connectivity index is 3.03. The molecule has 0 aromatic heterocycles. The minimum atomic E-state index is -0.196. The highest BCUT2D eigenvalue weighted by Crippen LogP contribution is 2.14. The van der Waals surface area contributed by atoms with Crippen LogP contribution in [-0.4, -0.2) is 6.04 Å². The van der Waals surface area contributed by atoms with E-state index >= 15 is 0 Å². The second kappa shape index (κ2) is 4.38. The third-order valence-corrected chi connectivity index (χ3v) is 2.33. The summed E-state index contributed by atoms with van der Waals surface area (Å²) in [5.41, 5.74) is 8.78. The first-order valence-electron chi connectivity index (χ1n) is 4.70. The van der Waals surface area contributed by atoms with E-state index in [1.807, 2.05) is 26.8 Å². The van der Waals surface area contributed by atoms with Crippen molar-refractivity contribution in [2.24, 2.45) is 5.73 Å². The van der Waals surface area contributed by atoms with Crippen molar-refractivity contribution in [1.29, 1.82) is 0 Å². The second-order valence-corrected chi connectivity index (χ2v) is 3.68. The van der Waals surface area contributed by atoms with Gasteiger partial charge in [0.2, 0.25) is 0 Å². The molecule has 0 spiro atoms. The van der Waals surface area contributed by atoms with Gasteiger partial charge in [-0.2, -0.15) is 0 Å². The minimum Gasteiger partial charge on any atom is -0.324 e. The van der Waals surface area contributed by atoms with Gasteiger partial charge >= 0.3 is 0 Å². The Hall–Kier alpha value is -1.15. The summed E-state index contributed by atoms with van der Waals surface area (Å²) >= 11 is 0. The van der Waals surface area contributed by atoms with E-state index in [1.165, 1.54) is 12.1 Å². The van der Waals surface area contributed by atoms with Crippen molar-refractivity contribution in [3.8, 4) is 0 Å². The van der Waals surface area contributed by atoms with Gasteiger partial charge in [0.15, 0.2) is 0 Å². The number of aryl methyl sites for hydroxylation is 1. The fourth-order valence-electron chi connectivity index (χ4n) is 1.18. The summed E-state index contributed by atoms with van der Waals surface area (Å²) in [6.07, 6.45) is 2.00. The Kier molecular flexibility index (Phi) is 3.42. The molecule has 0 aliphatic rings. The van der Waals surface area contributed by atoms with Crippen molar-refractivity contribution in [3.05, 3.63) is 40.7 Å². The molecule has 0 radical (unpaired) electrons. The summed E-state index contributed by atoms with van der Waals surface area (Å²) in [5, 5.41) is 0. The molecule has 0 bridgehead atoms. The molecule has 2 N–H and O–H groups in total. The summed E-state index contributed by atoms with van der Waals surface area (Å²) in [5.74, 6) is -0.196. The maximum absolute atomic E-state index is 12.8. The molecule has 1 unspecified atom stereocenters. The Morgan fingerprint density at radius 2 is 2.14 bits per heavy atom. The van der Waals surface area contributed by atoms with Crippen molar-refractivity contribution in [1.82, 2.24) is 0 Å². The van der Waals surface area contributed by atoms with Crippen LogP contribution in [0.25, 0.3) is 6.08 Å². The number of hydrogen-bond acceptors (Lipinski definition) is 1. The predicted molar refractivity (Wildman–Crippen MR) is 58.4 cm³/mol. The summed E-state index contributed by atoms with van der Waals surface area (Å²) in [6.45, 7) is 5.81. The van der Waals surface area contributed by atoms with Crippen LogP contribution in [-0.2, 0) is 0 Å². The predicted octanol–water partition coefficient (Wildman–Crippen LogP) is 2.88. The Morgan fingerprint density at radius 1 is 1.50 bits per heavy atom. The molecule has 1 nitrogen and oxygen atoms in total. The molecule has 14 heavy (non-hydrogen) atoms. The largest absolute Gasteiger partial charge is 0.324 e. The van der Waals surface area contributed by atoms with Crippen LogP contribution in [0.3, 0.4) is 0 Å². The average molecular weight is 193 g/mol. The van der Waals surface area contributed by atoms with Crippen LogP contribution < -0.4 is 5.73 Å². The normalized spacial score (nSPS) is 14.2. The topological polar surface area (TPSA) is 26.0 Å². The number of rotatable bonds is 2. The lowest BCUT2D eigenvalue weighted by atomic mass is 10.0. The first-order valence-corrected chi connectivity index (χ1v) is 4.70. The van der Waals surface area contributed by atoms with E-state index in [4.69, 9.17) is 5.73 Å². The standard InChI is InChI=1S/C12H16FN/c1-8(10(3)14)6-11-4-5-12(13)7-9(11)2/h4-7,10H,14H2,1-3H3/b8-6+. The van der Waals surface area contributed by atoms with Crippen LogP contribution in [0.15, 0.2) is 23.8 Å². The van der Waals surface area contributed by atoms with Gasteiger partial charge in [-0.05, 0) is 44.0 Å². The zero-order valence-corrected chi connectivity index (χ0v) is 8.84. The summed E-state index contributed by atoms with van der Waals surface area (Å²) in [4.78, 5) is 0. The van der Waals surface area contributed by atoms with Crippen LogP contribution in [0.2, 0.25) is 0 Å². The maximum Gasteiger partial charge on any atom is 0.123 e. The van der Waals surface area contributed by atoms with Crippen molar-refractivity contribution >= 4 is 6.08 Å². The number of halogens is 1. The van der Waals surface area contributed by atoms with Gasteiger partial charge in [-0.3, -0.25) is 0 Å². The first-order chi connectivity index (χ1) is 6.50. The van der Waals surface area contributed by atoms with E-state index in [2.05, 4.69) is 0 Å². The van der Waals surface area contributed by atoms with Gasteiger partial charge in [0, 0.05) is 6.04 Å². The second-order valence-electron chi connectivity index (χ2n) is 3.68. The fraction of sp³-hybridized carbons (Fsp3) is 0.333. The Bertz CT molecular complexity index is 353. The lowest BCUT2D eigenvalue weighted by molar-refractivity contribution is 0.626. The van der Waals surface area contributed by atoms with Gasteiger partial charge in [-0.1, -0.05) is 17.7 Å². The molecule has 76 valence electrons. The molecule has 0 fully saturated rings. The third-order valence-electron chi connectivity index (χ3n) is 2.33. The van der Waals surface area contributed by atoms with Crippen molar-refractivity contribution in [3.63, 3.8) is 0 Å². The highest BCUT2D eigenvalue weighted by Gasteiger charge is 2.00. The fourth-order valence-corrected chi connectivity index (χ4v) is 1.18. The summed E-state index contributed by atoms with van der Waals surface area (Å²) in [7, 11) is 0. The van der Waals surface area contributed by atoms with E-state index in [9.17, 15) is 4.39 Å². The van der Waals surface area contributed by atoms with E-state index in [1.54, 1.807) is 6.07 Å². The zero-order chi connectivity index (χ0) is 10.7. The molecule has 0 saturated heterocycles. The summed E-state index contributed by atoms with van der Waals surface area (Å²) in [6, 6.07) is 4.81. The van der Waals surface area contributed by atoms with Gasteiger partial charge in [0.05, 0.1) is 0 Å². The lowest BCUT2D eigenvalue weighted by Gasteiger charge is -2.07. The molecule has 0 aliphatic carbocycles. The average Bonchev–Trinajstić information content (AvgIpc) is 2.09. The number of nitrogens with two attached hydrogens (primary N) is 1. The molecule has 0 amide bonds. The quantitative estimate of drug-likeness (QED) is 0.767. The third kappa shape index (κ3) is 2.67. The molecule has 1 aromatic rings. The molecule has 1 atom stereocenters. The lowest BCUT2D eigenvalue weighted by Crippen LogP contribution is -2.15. The van der Waals surface area contributed by atoms with Crippen LogP contribution in [0, 0.1) is 12.7 Å². The molecule has 0 heterocycles. The number of hydrogen-bond donors (Lipinski definition) is 1. The van der Waals surface area contributed by atoms with Gasteiger partial charge in [0.1, 0.15) is 5.82 Å². The van der Waals surface area contributed by atoms with Crippen molar-refractivity contribution in [2.45, 2.75) is 26.8 Å². The highest BCUT2D eigenvalue weighted by molar-refractivity contribution is 5.56. The first kappa shape index (κ1) is 10.9. The summed E-state index contributed by atoms with van der Waals surface area (Å²) < 4.78 is 12.8. The van der Waals surface area contributed by atoms with Crippen LogP contribution in [0.5, 0.6) is 0 Å². The van der Waals surface area contributed by atoms with Gasteiger partial charge in [-0.15, -0.1) is 0 Å². The van der Waals surface area contributed by atoms with Gasteiger partial charge < -0.3 is 5.73 Å². The van der Waals surface area contributed by atoms with Crippen molar-refractivity contribution < 1.29 is 4.39 Å². The van der Waals surface area contributed by atoms with E-state index < -0.39 is 0 Å². The molecule has 1 aromatic carbocycles. The number of benzene rings is 1. The van der Waals surface area contributed by atoms with Crippen molar-refractivity contribution in [2.75, 3.05) is 0 Å². The molecule has 0 saturated carbocycles. The molecule has 1 rings (SSSR count). The van der Waals surface area contributed by atoms with E-state index in [0.717, 1.165) is 16.7 Å². The zero-order valence-electron chi connectivity index (χ0n) is 8.84. The van der Waals surface area contributed by atoms with E-state index in [0.29, 0.717) is 0 Å². The monoisotopic (exact) mass is 193 g/mol.